The minimum atomic E-state index is -0.356. The van der Waals surface area contributed by atoms with Gasteiger partial charge >= 0.3 is 0 Å². The van der Waals surface area contributed by atoms with E-state index in [2.05, 4.69) is 22.6 Å². The fraction of sp³-hybridized carbons (Fsp3) is 0.148. The van der Waals surface area contributed by atoms with Crippen molar-refractivity contribution < 1.29 is 19.2 Å². The molecule has 1 heterocycles. The fourth-order valence-corrected chi connectivity index (χ4v) is 3.58. The first-order chi connectivity index (χ1) is 16.6. The largest absolute Gasteiger partial charge is 0.494 e. The van der Waals surface area contributed by atoms with E-state index in [1.54, 1.807) is 42.5 Å². The number of hydrogen-bond acceptors (Lipinski definition) is 6. The highest BCUT2D eigenvalue weighted by atomic mass is 16.5. The number of carbonyl (C=O) groups excluding carboxylic acids is 1. The van der Waals surface area contributed by atoms with Gasteiger partial charge in [-0.25, -0.2) is 0 Å². The summed E-state index contributed by atoms with van der Waals surface area (Å²) >= 11 is 0. The molecule has 1 amide bonds. The van der Waals surface area contributed by atoms with E-state index in [4.69, 9.17) is 14.4 Å². The Morgan fingerprint density at radius 2 is 1.79 bits per heavy atom. The van der Waals surface area contributed by atoms with E-state index in [1.165, 1.54) is 11.6 Å². The molecule has 3 aromatic carbocycles. The first-order valence-electron chi connectivity index (χ1n) is 11.0. The molecule has 7 nitrogen and oxygen atoms in total. The van der Waals surface area contributed by atoms with Gasteiger partial charge in [-0.15, -0.1) is 0 Å². The van der Waals surface area contributed by atoms with Crippen LogP contribution in [0.2, 0.25) is 0 Å². The summed E-state index contributed by atoms with van der Waals surface area (Å²) in [5.74, 6) is 0.415. The molecule has 0 aliphatic carbocycles. The van der Waals surface area contributed by atoms with Crippen molar-refractivity contribution >= 4 is 28.8 Å². The fourth-order valence-electron chi connectivity index (χ4n) is 3.58. The summed E-state index contributed by atoms with van der Waals surface area (Å²) in [7, 11) is 0. The van der Waals surface area contributed by atoms with E-state index in [0.29, 0.717) is 29.0 Å². The standard InChI is InChI=1S/C27H24N2O5/c30-25-17-22(18-28-32)34-26-23(25)10-6-11-24(26)29-27(31)20-12-14-21(15-13-20)33-16-5-4-9-19-7-2-1-3-8-19/h1-3,6-8,10-15,17-18,32H,4-5,9,16H2,(H,29,31)/b28-18-. The lowest BCUT2D eigenvalue weighted by atomic mass is 10.1. The van der Waals surface area contributed by atoms with Crippen molar-refractivity contribution in [2.75, 3.05) is 11.9 Å². The van der Waals surface area contributed by atoms with Crippen molar-refractivity contribution in [3.8, 4) is 5.75 Å². The summed E-state index contributed by atoms with van der Waals surface area (Å²) in [5, 5.41) is 14.7. The van der Waals surface area contributed by atoms with Crippen LogP contribution in [0.1, 0.15) is 34.5 Å². The predicted octanol–water partition coefficient (Wildman–Crippen LogP) is 5.26. The van der Waals surface area contributed by atoms with E-state index in [1.807, 2.05) is 18.2 Å². The summed E-state index contributed by atoms with van der Waals surface area (Å²) in [4.78, 5) is 25.0. The van der Waals surface area contributed by atoms with Crippen molar-refractivity contribution in [3.63, 3.8) is 0 Å². The van der Waals surface area contributed by atoms with Crippen molar-refractivity contribution in [1.29, 1.82) is 0 Å². The second-order valence-electron chi connectivity index (χ2n) is 7.71. The van der Waals surface area contributed by atoms with E-state index in [9.17, 15) is 9.59 Å². The second-order valence-corrected chi connectivity index (χ2v) is 7.71. The van der Waals surface area contributed by atoms with Gasteiger partial charge in [0.2, 0.25) is 0 Å². The number of ether oxygens (including phenoxy) is 1. The molecule has 4 rings (SSSR count). The van der Waals surface area contributed by atoms with Crippen molar-refractivity contribution in [2.45, 2.75) is 19.3 Å². The maximum absolute atomic E-state index is 12.8. The Morgan fingerprint density at radius 1 is 1.00 bits per heavy atom. The zero-order valence-electron chi connectivity index (χ0n) is 18.4. The van der Waals surface area contributed by atoms with E-state index < -0.39 is 0 Å². The number of oxime groups is 1. The zero-order valence-corrected chi connectivity index (χ0v) is 18.4. The highest BCUT2D eigenvalue weighted by molar-refractivity contribution is 6.08. The number of carbonyl (C=O) groups is 1. The van der Waals surface area contributed by atoms with Crippen molar-refractivity contribution in [2.24, 2.45) is 5.16 Å². The third kappa shape index (κ3) is 5.69. The number of hydrogen-bond donors (Lipinski definition) is 2. The summed E-state index contributed by atoms with van der Waals surface area (Å²) in [5.41, 5.74) is 1.99. The van der Waals surface area contributed by atoms with Gasteiger partial charge in [0.1, 0.15) is 12.0 Å². The molecule has 0 saturated carbocycles. The molecule has 0 unspecified atom stereocenters. The Morgan fingerprint density at radius 3 is 2.56 bits per heavy atom. The van der Waals surface area contributed by atoms with Gasteiger partial charge < -0.3 is 19.7 Å². The molecule has 0 aliphatic rings. The average Bonchev–Trinajstić information content (AvgIpc) is 2.85. The quantitative estimate of drug-likeness (QED) is 0.155. The molecule has 172 valence electrons. The molecular formula is C27H24N2O5. The number of aryl methyl sites for hydroxylation is 1. The van der Waals surface area contributed by atoms with Gasteiger partial charge in [0.05, 0.1) is 17.7 Å². The first-order valence-corrected chi connectivity index (χ1v) is 11.0. The van der Waals surface area contributed by atoms with Crippen LogP contribution in [0.3, 0.4) is 0 Å². The van der Waals surface area contributed by atoms with Crippen molar-refractivity contribution in [3.05, 3.63) is 106 Å². The maximum Gasteiger partial charge on any atom is 0.255 e. The molecule has 0 fully saturated rings. The highest BCUT2D eigenvalue weighted by Crippen LogP contribution is 2.23. The predicted molar refractivity (Wildman–Crippen MR) is 131 cm³/mol. The molecule has 0 saturated heterocycles. The van der Waals surface area contributed by atoms with Gasteiger partial charge in [0.15, 0.2) is 16.8 Å². The molecule has 0 aliphatic heterocycles. The number of benzene rings is 3. The van der Waals surface area contributed by atoms with Crippen LogP contribution in [0.25, 0.3) is 11.0 Å². The van der Waals surface area contributed by atoms with E-state index in [-0.39, 0.29) is 22.7 Å². The summed E-state index contributed by atoms with van der Waals surface area (Å²) in [6.45, 7) is 0.604. The number of amides is 1. The average molecular weight is 456 g/mol. The Bertz CT molecular complexity index is 1350. The molecule has 0 radical (unpaired) electrons. The number of fused-ring (bicyclic) bond motifs is 1. The van der Waals surface area contributed by atoms with Crippen LogP contribution >= 0.6 is 0 Å². The Kier molecular flexibility index (Phi) is 7.35. The third-order valence-electron chi connectivity index (χ3n) is 5.29. The molecule has 1 aromatic heterocycles. The number of para-hydroxylation sites is 1. The minimum absolute atomic E-state index is 0.0759. The number of unbranched alkanes of at least 4 members (excludes halogenated alkanes) is 1. The SMILES string of the molecule is O=C(Nc1cccc2c(=O)cc(/C=N\O)oc12)c1ccc(OCCCCc2ccccc2)cc1. The summed E-state index contributed by atoms with van der Waals surface area (Å²) < 4.78 is 11.4. The Balaban J connectivity index is 1.36. The number of nitrogens with one attached hydrogen (secondary N) is 1. The van der Waals surface area contributed by atoms with Crippen LogP contribution in [0.5, 0.6) is 5.75 Å². The lowest BCUT2D eigenvalue weighted by molar-refractivity contribution is 0.102. The molecule has 0 bridgehead atoms. The molecule has 0 spiro atoms. The smallest absolute Gasteiger partial charge is 0.255 e. The lowest BCUT2D eigenvalue weighted by Crippen LogP contribution is -2.13. The van der Waals surface area contributed by atoms with Crippen LogP contribution in [0.4, 0.5) is 5.69 Å². The Labute approximate surface area is 196 Å². The monoisotopic (exact) mass is 456 g/mol. The van der Waals surface area contributed by atoms with Crippen LogP contribution in [0, 0.1) is 0 Å². The van der Waals surface area contributed by atoms with Gasteiger partial charge in [-0.3, -0.25) is 9.59 Å². The normalized spacial score (nSPS) is 11.1. The van der Waals surface area contributed by atoms with Gasteiger partial charge in [-0.2, -0.15) is 0 Å². The second kappa shape index (κ2) is 11.0. The first kappa shape index (κ1) is 22.8. The van der Waals surface area contributed by atoms with Crippen LogP contribution in [-0.2, 0) is 6.42 Å². The molecule has 4 aromatic rings. The Hall–Kier alpha value is -4.39. The number of nitrogens with zero attached hydrogens (tertiary/aromatic N) is 1. The summed E-state index contributed by atoms with van der Waals surface area (Å²) in [6, 6.07) is 23.3. The van der Waals surface area contributed by atoms with E-state index in [0.717, 1.165) is 25.5 Å². The maximum atomic E-state index is 12.8. The number of rotatable bonds is 9. The van der Waals surface area contributed by atoms with Gasteiger partial charge in [0.25, 0.3) is 5.91 Å². The van der Waals surface area contributed by atoms with Gasteiger partial charge in [-0.1, -0.05) is 41.6 Å². The number of anilines is 1. The van der Waals surface area contributed by atoms with E-state index >= 15 is 0 Å². The lowest BCUT2D eigenvalue weighted by Gasteiger charge is -2.10. The van der Waals surface area contributed by atoms with Crippen LogP contribution in [0.15, 0.2) is 93.2 Å². The van der Waals surface area contributed by atoms with Crippen LogP contribution < -0.4 is 15.5 Å². The highest BCUT2D eigenvalue weighted by Gasteiger charge is 2.12. The van der Waals surface area contributed by atoms with Gasteiger partial charge in [0, 0.05) is 11.6 Å². The molecule has 7 heteroatoms. The van der Waals surface area contributed by atoms with Crippen LogP contribution in [-0.4, -0.2) is 23.9 Å². The third-order valence-corrected chi connectivity index (χ3v) is 5.29. The molecule has 0 atom stereocenters. The molecule has 2 N–H and O–H groups in total. The molecular weight excluding hydrogens is 432 g/mol. The molecule has 34 heavy (non-hydrogen) atoms. The van der Waals surface area contributed by atoms with Gasteiger partial charge in [-0.05, 0) is 61.2 Å². The minimum Gasteiger partial charge on any atom is -0.494 e. The van der Waals surface area contributed by atoms with Crippen molar-refractivity contribution in [1.82, 2.24) is 0 Å². The summed E-state index contributed by atoms with van der Waals surface area (Å²) in [6.07, 6.45) is 4.01. The zero-order chi connectivity index (χ0) is 23.8. The topological polar surface area (TPSA) is 101 Å².